The summed E-state index contributed by atoms with van der Waals surface area (Å²) in [6.07, 6.45) is 12.9. The first kappa shape index (κ1) is 24.3. The smallest absolute Gasteiger partial charge is 0.336 e. The number of hydrogen-bond donors (Lipinski definition) is 1. The van der Waals surface area contributed by atoms with Crippen molar-refractivity contribution in [3.8, 4) is 0 Å². The number of unbranched alkanes of at least 4 members (excludes halogenated alkanes) is 9. The molecule has 0 atom stereocenters. The molecule has 0 fully saturated rings. The van der Waals surface area contributed by atoms with Crippen LogP contribution in [0.1, 0.15) is 78.6 Å². The second-order valence-corrected chi connectivity index (χ2v) is 9.13. The van der Waals surface area contributed by atoms with Crippen molar-refractivity contribution in [3.63, 3.8) is 0 Å². The maximum atomic E-state index is 10.9. The fraction of sp³-hybridized carbons (Fsp3) is 0.650. The van der Waals surface area contributed by atoms with Crippen LogP contribution in [0.25, 0.3) is 0 Å². The molecule has 0 spiro atoms. The van der Waals surface area contributed by atoms with E-state index in [1.807, 2.05) is 0 Å². The zero-order valence-electron chi connectivity index (χ0n) is 14.4. The molecule has 0 saturated heterocycles. The molecule has 0 rings (SSSR count). The predicted octanol–water partition coefficient (Wildman–Crippen LogP) is 6.37. The Balaban J connectivity index is 0. The highest BCUT2D eigenvalue weighted by atomic mass is 32.2. The Morgan fingerprint density at radius 1 is 0.870 bits per heavy atom. The molecule has 2 nitrogen and oxygen atoms in total. The standard InChI is InChI=1S/C19H34O2S.CH4/c1-6-7-8-9-10-11-12-13-14-15-16-22(4,5)18(3)17(2)19(20)21;/h2-16H2,1H3,(H,20,21);1H4. The van der Waals surface area contributed by atoms with Crippen LogP contribution in [-0.2, 0) is 4.79 Å². The van der Waals surface area contributed by atoms with Gasteiger partial charge in [-0.25, -0.2) is 4.79 Å². The lowest BCUT2D eigenvalue weighted by molar-refractivity contribution is -0.132. The number of carboxylic acids is 1. The summed E-state index contributed by atoms with van der Waals surface area (Å²) in [5.41, 5.74) is 0.0621. The van der Waals surface area contributed by atoms with E-state index >= 15 is 0 Å². The number of carboxylic acid groups (broad SMARTS) is 1. The molecule has 0 aliphatic heterocycles. The molecule has 0 aromatic rings. The maximum Gasteiger partial charge on any atom is 0.336 e. The highest BCUT2D eigenvalue weighted by Gasteiger charge is 2.12. The number of rotatable bonds is 14. The Labute approximate surface area is 145 Å². The molecular weight excluding hydrogens is 304 g/mol. The molecule has 1 N–H and O–H groups in total. The fourth-order valence-electron chi connectivity index (χ4n) is 2.37. The van der Waals surface area contributed by atoms with Crippen LogP contribution in [0.5, 0.6) is 0 Å². The van der Waals surface area contributed by atoms with Gasteiger partial charge in [0, 0.05) is 4.91 Å². The van der Waals surface area contributed by atoms with E-state index in [0.29, 0.717) is 4.91 Å². The van der Waals surface area contributed by atoms with Crippen molar-refractivity contribution < 1.29 is 9.90 Å². The lowest BCUT2D eigenvalue weighted by atomic mass is 10.1. The van der Waals surface area contributed by atoms with Gasteiger partial charge in [-0.05, 0) is 12.2 Å². The number of carbonyl (C=O) groups is 1. The van der Waals surface area contributed by atoms with Crippen molar-refractivity contribution in [2.75, 3.05) is 5.75 Å². The molecule has 0 saturated carbocycles. The van der Waals surface area contributed by atoms with E-state index in [0.717, 1.165) is 12.2 Å². The summed E-state index contributed by atoms with van der Waals surface area (Å²) in [4.78, 5) is 11.5. The second kappa shape index (κ2) is 13.5. The van der Waals surface area contributed by atoms with Crippen molar-refractivity contribution in [2.24, 2.45) is 0 Å². The molecule has 3 heteroatoms. The minimum absolute atomic E-state index is 0. The van der Waals surface area contributed by atoms with E-state index in [9.17, 15) is 4.79 Å². The van der Waals surface area contributed by atoms with Crippen LogP contribution in [0.15, 0.2) is 23.6 Å². The summed E-state index contributed by atoms with van der Waals surface area (Å²) in [6, 6.07) is 0. The molecule has 0 amide bonds. The van der Waals surface area contributed by atoms with Gasteiger partial charge in [0.2, 0.25) is 0 Å². The average Bonchev–Trinajstić information content (AvgIpc) is 2.47. The highest BCUT2D eigenvalue weighted by molar-refractivity contribution is 8.31. The van der Waals surface area contributed by atoms with Gasteiger partial charge < -0.3 is 5.11 Å². The molecular formula is C20H38O2S. The van der Waals surface area contributed by atoms with Crippen molar-refractivity contribution in [1.82, 2.24) is 0 Å². The van der Waals surface area contributed by atoms with E-state index in [4.69, 9.17) is 5.11 Å². The number of hydrogen-bond acceptors (Lipinski definition) is 1. The van der Waals surface area contributed by atoms with Gasteiger partial charge in [-0.2, -0.15) is 9.21 Å². The predicted molar refractivity (Wildman–Crippen MR) is 111 cm³/mol. The third-order valence-electron chi connectivity index (χ3n) is 4.01. The van der Waals surface area contributed by atoms with Gasteiger partial charge in [0.05, 0.1) is 5.57 Å². The summed E-state index contributed by atoms with van der Waals surface area (Å²) in [5, 5.41) is 8.96. The van der Waals surface area contributed by atoms with E-state index < -0.39 is 15.2 Å². The van der Waals surface area contributed by atoms with E-state index in [-0.39, 0.29) is 13.0 Å². The summed E-state index contributed by atoms with van der Waals surface area (Å²) < 4.78 is 0. The first-order valence-corrected chi connectivity index (χ1v) is 10.6. The molecule has 0 aliphatic rings. The summed E-state index contributed by atoms with van der Waals surface area (Å²) in [7, 11) is -1.59. The van der Waals surface area contributed by atoms with Gasteiger partial charge in [-0.3, -0.25) is 0 Å². The van der Waals surface area contributed by atoms with Crippen LogP contribution >= 0.6 is 9.21 Å². The zero-order chi connectivity index (χ0) is 17.0. The zero-order valence-corrected chi connectivity index (χ0v) is 15.2. The maximum absolute atomic E-state index is 10.9. The lowest BCUT2D eigenvalue weighted by Gasteiger charge is -2.17. The minimum atomic E-state index is -1.59. The SMILES string of the molecule is C.C=C(C(=C)S(=C)(=C)CCCCCCCCCCCC)C(=O)O. The van der Waals surface area contributed by atoms with E-state index in [1.54, 1.807) is 0 Å². The van der Waals surface area contributed by atoms with Crippen LogP contribution in [0.4, 0.5) is 0 Å². The topological polar surface area (TPSA) is 37.3 Å². The first-order valence-electron chi connectivity index (χ1n) is 8.41. The molecule has 0 unspecified atom stereocenters. The van der Waals surface area contributed by atoms with Crippen LogP contribution in [-0.4, -0.2) is 28.6 Å². The molecule has 0 radical (unpaired) electrons. The molecule has 0 aromatic heterocycles. The van der Waals surface area contributed by atoms with Gasteiger partial charge in [0.15, 0.2) is 0 Å². The third-order valence-corrected chi connectivity index (χ3v) is 6.37. The minimum Gasteiger partial charge on any atom is -0.478 e. The quantitative estimate of drug-likeness (QED) is 0.172. The van der Waals surface area contributed by atoms with Gasteiger partial charge in [0.1, 0.15) is 0 Å². The molecule has 0 aliphatic carbocycles. The van der Waals surface area contributed by atoms with Crippen LogP contribution < -0.4 is 0 Å². The van der Waals surface area contributed by atoms with Gasteiger partial charge in [-0.1, -0.05) is 97.0 Å². The summed E-state index contributed by atoms with van der Waals surface area (Å²) >= 11 is 0. The first-order chi connectivity index (χ1) is 10.3. The molecule has 0 heterocycles. The average molecular weight is 343 g/mol. The molecule has 0 aromatic carbocycles. The Morgan fingerprint density at radius 3 is 1.65 bits per heavy atom. The summed E-state index contributed by atoms with van der Waals surface area (Å²) in [6.45, 7) is 9.65. The second-order valence-electron chi connectivity index (χ2n) is 6.14. The van der Waals surface area contributed by atoms with Crippen molar-refractivity contribution in [3.05, 3.63) is 23.6 Å². The fourth-order valence-corrected chi connectivity index (χ4v) is 3.98. The van der Waals surface area contributed by atoms with E-state index in [2.05, 4.69) is 31.8 Å². The van der Waals surface area contributed by atoms with Crippen molar-refractivity contribution >= 4 is 26.9 Å². The normalized spacial score (nSPS) is 10.8. The monoisotopic (exact) mass is 342 g/mol. The highest BCUT2D eigenvalue weighted by Crippen LogP contribution is 2.35. The van der Waals surface area contributed by atoms with Crippen molar-refractivity contribution in [2.45, 2.75) is 78.6 Å². The Morgan fingerprint density at radius 2 is 1.26 bits per heavy atom. The Hall–Kier alpha value is -0.960. The van der Waals surface area contributed by atoms with Crippen LogP contribution in [0.2, 0.25) is 0 Å². The van der Waals surface area contributed by atoms with Crippen molar-refractivity contribution in [1.29, 1.82) is 0 Å². The molecule has 136 valence electrons. The molecule has 23 heavy (non-hydrogen) atoms. The third kappa shape index (κ3) is 11.2. The molecule has 0 bridgehead atoms. The largest absolute Gasteiger partial charge is 0.478 e. The van der Waals surface area contributed by atoms with E-state index in [1.165, 1.54) is 57.8 Å². The van der Waals surface area contributed by atoms with Crippen LogP contribution in [0, 0.1) is 0 Å². The van der Waals surface area contributed by atoms with Gasteiger partial charge >= 0.3 is 5.97 Å². The van der Waals surface area contributed by atoms with Gasteiger partial charge in [-0.15, -0.1) is 0 Å². The Kier molecular flexibility index (Phi) is 14.2. The summed E-state index contributed by atoms with van der Waals surface area (Å²) in [5.74, 6) is 8.02. The Bertz CT molecular complexity index is 458. The van der Waals surface area contributed by atoms with Gasteiger partial charge in [0.25, 0.3) is 0 Å². The number of aliphatic carboxylic acids is 1. The lowest BCUT2D eigenvalue weighted by Crippen LogP contribution is -2.03. The van der Waals surface area contributed by atoms with Crippen LogP contribution in [0.3, 0.4) is 0 Å².